The number of benzene rings is 2. The van der Waals surface area contributed by atoms with Crippen LogP contribution in [0.2, 0.25) is 0 Å². The second kappa shape index (κ2) is 8.82. The molecule has 0 bridgehead atoms. The third-order valence-corrected chi connectivity index (χ3v) is 8.00. The van der Waals surface area contributed by atoms with Crippen LogP contribution in [-0.4, -0.2) is 24.0 Å². The van der Waals surface area contributed by atoms with Gasteiger partial charge in [0.05, 0.1) is 5.69 Å². The van der Waals surface area contributed by atoms with Crippen LogP contribution in [0.5, 0.6) is 5.88 Å². The minimum Gasteiger partial charge on any atom is -0.466 e. The Kier molecular flexibility index (Phi) is 5.63. The molecule has 0 spiro atoms. The lowest BCUT2D eigenvalue weighted by atomic mass is 9.61. The Bertz CT molecular complexity index is 1220. The maximum absolute atomic E-state index is 12.7. The van der Waals surface area contributed by atoms with Crippen molar-refractivity contribution < 1.29 is 9.53 Å². The Morgan fingerprint density at radius 3 is 2.40 bits per heavy atom. The third-order valence-electron chi connectivity index (χ3n) is 8.00. The van der Waals surface area contributed by atoms with Crippen LogP contribution < -0.4 is 9.64 Å². The van der Waals surface area contributed by atoms with E-state index in [1.807, 2.05) is 11.0 Å². The zero-order chi connectivity index (χ0) is 24.0. The highest BCUT2D eigenvalue weighted by Crippen LogP contribution is 2.49. The monoisotopic (exact) mass is 466 g/mol. The number of rotatable bonds is 7. The molecule has 1 aromatic heterocycles. The van der Waals surface area contributed by atoms with Gasteiger partial charge in [0, 0.05) is 17.7 Å². The smallest absolute Gasteiger partial charge is 0.265 e. The first-order valence-corrected chi connectivity index (χ1v) is 13.2. The second-order valence-corrected chi connectivity index (χ2v) is 11.1. The van der Waals surface area contributed by atoms with E-state index in [-0.39, 0.29) is 12.5 Å². The van der Waals surface area contributed by atoms with Crippen LogP contribution in [-0.2, 0) is 10.2 Å². The Morgan fingerprint density at radius 1 is 1.03 bits per heavy atom. The van der Waals surface area contributed by atoms with Crippen molar-refractivity contribution in [3.63, 3.8) is 0 Å². The molecule has 4 heteroatoms. The van der Waals surface area contributed by atoms with Gasteiger partial charge in [0.2, 0.25) is 5.88 Å². The van der Waals surface area contributed by atoms with Crippen LogP contribution in [0.3, 0.4) is 0 Å². The molecule has 1 amide bonds. The first-order chi connectivity index (χ1) is 17.0. The summed E-state index contributed by atoms with van der Waals surface area (Å²) >= 11 is 0. The van der Waals surface area contributed by atoms with E-state index in [9.17, 15) is 4.79 Å². The van der Waals surface area contributed by atoms with Crippen LogP contribution in [0.25, 0.3) is 22.4 Å². The average molecular weight is 467 g/mol. The summed E-state index contributed by atoms with van der Waals surface area (Å²) in [5.74, 6) is 1.89. The van der Waals surface area contributed by atoms with Crippen molar-refractivity contribution >= 4 is 11.6 Å². The average Bonchev–Trinajstić information content (AvgIpc) is 3.67. The van der Waals surface area contributed by atoms with Crippen molar-refractivity contribution in [3.8, 4) is 28.3 Å². The summed E-state index contributed by atoms with van der Waals surface area (Å²) in [6.45, 7) is 5.48. The summed E-state index contributed by atoms with van der Waals surface area (Å²) in [5, 5.41) is 0. The highest BCUT2D eigenvalue weighted by molar-refractivity contribution is 5.99. The van der Waals surface area contributed by atoms with Crippen LogP contribution in [0.4, 0.5) is 5.69 Å². The van der Waals surface area contributed by atoms with E-state index >= 15 is 0 Å². The molecule has 0 radical (unpaired) electrons. The number of hydrogen-bond donors (Lipinski definition) is 0. The highest BCUT2D eigenvalue weighted by atomic mass is 16.5. The van der Waals surface area contributed by atoms with Crippen molar-refractivity contribution in [2.45, 2.75) is 57.8 Å². The first-order valence-electron chi connectivity index (χ1n) is 13.2. The van der Waals surface area contributed by atoms with Crippen LogP contribution in [0, 0.1) is 11.8 Å². The summed E-state index contributed by atoms with van der Waals surface area (Å²) in [5.41, 5.74) is 6.73. The molecular formula is C31H34N2O2. The minimum atomic E-state index is 0.0262. The number of fused-ring (bicyclic) bond motifs is 1. The number of carbonyl (C=O) groups excluding carboxylic acids is 1. The molecule has 3 aliphatic rings. The van der Waals surface area contributed by atoms with E-state index < -0.39 is 0 Å². The fraction of sp³-hybridized carbons (Fsp3) is 0.419. The van der Waals surface area contributed by atoms with Gasteiger partial charge < -0.3 is 9.64 Å². The molecule has 2 aromatic carbocycles. The standard InChI is InChI=1S/C31H34N2O2/c1-21(2)18-31(15-6-16-31)25-13-11-24(12-14-25)29-26(23-7-4-3-5-8-23)17-27-30(32-29)35-20-28(34)33(27)19-22-9-10-22/h3-5,7-8,11-14,17,21-22H,6,9-10,15-16,18-20H2,1-2H3. The van der Waals surface area contributed by atoms with Gasteiger partial charge in [-0.1, -0.05) is 74.9 Å². The molecule has 2 aliphatic carbocycles. The fourth-order valence-electron chi connectivity index (χ4n) is 5.92. The molecule has 2 saturated carbocycles. The molecule has 0 N–H and O–H groups in total. The van der Waals surface area contributed by atoms with Gasteiger partial charge in [-0.25, -0.2) is 4.98 Å². The summed E-state index contributed by atoms with van der Waals surface area (Å²) in [6.07, 6.45) is 7.54. The van der Waals surface area contributed by atoms with E-state index in [4.69, 9.17) is 9.72 Å². The normalized spacial score (nSPS) is 18.7. The topological polar surface area (TPSA) is 42.4 Å². The number of amides is 1. The van der Waals surface area contributed by atoms with Crippen molar-refractivity contribution in [2.24, 2.45) is 11.8 Å². The predicted molar refractivity (Wildman–Crippen MR) is 141 cm³/mol. The Hall–Kier alpha value is -3.14. The molecule has 2 fully saturated rings. The molecule has 0 unspecified atom stereocenters. The van der Waals surface area contributed by atoms with Gasteiger partial charge in [-0.15, -0.1) is 0 Å². The van der Waals surface area contributed by atoms with Gasteiger partial charge in [-0.05, 0) is 66.5 Å². The minimum absolute atomic E-state index is 0.0262. The number of nitrogens with zero attached hydrogens (tertiary/aromatic N) is 2. The van der Waals surface area contributed by atoms with E-state index in [2.05, 4.69) is 68.4 Å². The molecule has 0 saturated heterocycles. The maximum atomic E-state index is 12.7. The molecule has 2 heterocycles. The van der Waals surface area contributed by atoms with E-state index in [1.54, 1.807) is 0 Å². The highest BCUT2D eigenvalue weighted by Gasteiger charge is 2.39. The van der Waals surface area contributed by atoms with E-state index in [0.29, 0.717) is 23.1 Å². The zero-order valence-electron chi connectivity index (χ0n) is 20.8. The Balaban J connectivity index is 1.42. The van der Waals surface area contributed by atoms with Crippen LogP contribution in [0.15, 0.2) is 60.7 Å². The number of ether oxygens (including phenoxy) is 1. The zero-order valence-corrected chi connectivity index (χ0v) is 20.8. The number of anilines is 1. The predicted octanol–water partition coefficient (Wildman–Crippen LogP) is 7.02. The molecule has 0 atom stereocenters. The summed E-state index contributed by atoms with van der Waals surface area (Å²) < 4.78 is 5.87. The number of pyridine rings is 1. The van der Waals surface area contributed by atoms with Crippen LogP contribution in [0.1, 0.15) is 57.9 Å². The lowest BCUT2D eigenvalue weighted by Crippen LogP contribution is -2.40. The molecular weight excluding hydrogens is 432 g/mol. The fourth-order valence-corrected chi connectivity index (χ4v) is 5.92. The van der Waals surface area contributed by atoms with Gasteiger partial charge in [-0.3, -0.25) is 4.79 Å². The summed E-state index contributed by atoms with van der Waals surface area (Å²) in [7, 11) is 0. The lowest BCUT2D eigenvalue weighted by Gasteiger charge is -2.44. The summed E-state index contributed by atoms with van der Waals surface area (Å²) in [4.78, 5) is 19.7. The second-order valence-electron chi connectivity index (χ2n) is 11.1. The molecule has 4 nitrogen and oxygen atoms in total. The van der Waals surface area contributed by atoms with Gasteiger partial charge in [-0.2, -0.15) is 0 Å². The lowest BCUT2D eigenvalue weighted by molar-refractivity contribution is -0.121. The largest absolute Gasteiger partial charge is 0.466 e. The van der Waals surface area contributed by atoms with Gasteiger partial charge in [0.1, 0.15) is 5.69 Å². The van der Waals surface area contributed by atoms with Gasteiger partial charge in [0.15, 0.2) is 6.61 Å². The van der Waals surface area contributed by atoms with Crippen molar-refractivity contribution in [3.05, 3.63) is 66.2 Å². The summed E-state index contributed by atoms with van der Waals surface area (Å²) in [6, 6.07) is 21.6. The van der Waals surface area contributed by atoms with Crippen LogP contribution >= 0.6 is 0 Å². The van der Waals surface area contributed by atoms with E-state index in [1.165, 1.54) is 44.1 Å². The SMILES string of the molecule is CC(C)CC1(c2ccc(-c3nc4c(cc3-c3ccccc3)N(CC3CC3)C(=O)CO4)cc2)CCC1. The molecule has 6 rings (SSSR count). The number of aromatic nitrogens is 1. The number of hydrogen-bond acceptors (Lipinski definition) is 3. The van der Waals surface area contributed by atoms with Crippen molar-refractivity contribution in [2.75, 3.05) is 18.1 Å². The Labute approximate surface area is 208 Å². The molecule has 1 aliphatic heterocycles. The maximum Gasteiger partial charge on any atom is 0.265 e. The van der Waals surface area contributed by atoms with E-state index in [0.717, 1.165) is 34.6 Å². The number of carbonyl (C=O) groups is 1. The van der Waals surface area contributed by atoms with Gasteiger partial charge in [0.25, 0.3) is 5.91 Å². The van der Waals surface area contributed by atoms with Crippen molar-refractivity contribution in [1.82, 2.24) is 4.98 Å². The third kappa shape index (κ3) is 4.24. The quantitative estimate of drug-likeness (QED) is 0.376. The first kappa shape index (κ1) is 22.3. The van der Waals surface area contributed by atoms with Gasteiger partial charge >= 0.3 is 0 Å². The molecule has 180 valence electrons. The Morgan fingerprint density at radius 2 is 1.77 bits per heavy atom. The molecule has 3 aromatic rings. The van der Waals surface area contributed by atoms with Crippen molar-refractivity contribution in [1.29, 1.82) is 0 Å². The molecule has 35 heavy (non-hydrogen) atoms.